The van der Waals surface area contributed by atoms with Gasteiger partial charge in [0.15, 0.2) is 5.11 Å². The summed E-state index contributed by atoms with van der Waals surface area (Å²) in [5.41, 5.74) is 2.87. The van der Waals surface area contributed by atoms with Crippen LogP contribution in [0, 0.1) is 17.8 Å². The molecule has 120 valence electrons. The summed E-state index contributed by atoms with van der Waals surface area (Å²) in [7, 11) is 0. The average molecular weight is 337 g/mol. The number of likely N-dealkylation sites (tertiary alicyclic amines) is 1. The molecule has 1 saturated carbocycles. The fraction of sp³-hybridized carbons (Fsp3) is 0.611. The lowest BCUT2D eigenvalue weighted by Gasteiger charge is -2.39. The topological polar surface area (TPSA) is 15.3 Å². The normalized spacial score (nSPS) is 29.5. The van der Waals surface area contributed by atoms with Crippen LogP contribution in [0.5, 0.6) is 0 Å². The maximum absolute atomic E-state index is 6.21. The molecule has 1 aliphatic carbocycles. The molecule has 2 aliphatic rings. The van der Waals surface area contributed by atoms with E-state index in [9.17, 15) is 0 Å². The molecule has 1 aromatic rings. The summed E-state index contributed by atoms with van der Waals surface area (Å²) in [6.07, 6.45) is 3.76. The van der Waals surface area contributed by atoms with Gasteiger partial charge in [-0.3, -0.25) is 0 Å². The Morgan fingerprint density at radius 3 is 2.77 bits per heavy atom. The standard InChI is InChI=1S/C18H25ClN2S/c1-12-14(19)6-5-7-15(12)20-16(22)21-11-18(4)9-13(21)8-17(2,3)10-18/h5-7,13H,8-11H2,1-4H3,(H,20,22). The minimum absolute atomic E-state index is 0.390. The summed E-state index contributed by atoms with van der Waals surface area (Å²) in [5, 5.41) is 5.05. The summed E-state index contributed by atoms with van der Waals surface area (Å²) in [6.45, 7) is 10.3. The second kappa shape index (κ2) is 5.38. The van der Waals surface area contributed by atoms with Gasteiger partial charge in [0.2, 0.25) is 0 Å². The maximum Gasteiger partial charge on any atom is 0.173 e. The van der Waals surface area contributed by atoms with Gasteiger partial charge in [0.25, 0.3) is 0 Å². The van der Waals surface area contributed by atoms with Crippen molar-refractivity contribution in [3.63, 3.8) is 0 Å². The highest BCUT2D eigenvalue weighted by Crippen LogP contribution is 2.52. The molecule has 2 atom stereocenters. The van der Waals surface area contributed by atoms with Crippen LogP contribution in [0.15, 0.2) is 18.2 Å². The Balaban J connectivity index is 1.78. The van der Waals surface area contributed by atoms with Crippen LogP contribution < -0.4 is 5.32 Å². The van der Waals surface area contributed by atoms with E-state index in [1.54, 1.807) is 0 Å². The van der Waals surface area contributed by atoms with Gasteiger partial charge in [-0.25, -0.2) is 0 Å². The van der Waals surface area contributed by atoms with Crippen LogP contribution in [0.1, 0.15) is 45.6 Å². The van der Waals surface area contributed by atoms with E-state index < -0.39 is 0 Å². The zero-order valence-corrected chi connectivity index (χ0v) is 15.4. The van der Waals surface area contributed by atoms with Crippen LogP contribution >= 0.6 is 23.8 Å². The van der Waals surface area contributed by atoms with Gasteiger partial charge in [0.05, 0.1) is 0 Å². The van der Waals surface area contributed by atoms with Crippen molar-refractivity contribution in [2.24, 2.45) is 10.8 Å². The number of halogens is 1. The Morgan fingerprint density at radius 1 is 1.32 bits per heavy atom. The van der Waals surface area contributed by atoms with Gasteiger partial charge in [-0.05, 0) is 66.9 Å². The molecule has 0 aromatic heterocycles. The zero-order chi connectivity index (χ0) is 16.1. The number of hydrogen-bond donors (Lipinski definition) is 1. The van der Waals surface area contributed by atoms with Crippen LogP contribution in [0.25, 0.3) is 0 Å². The van der Waals surface area contributed by atoms with E-state index in [1.807, 2.05) is 25.1 Å². The minimum atomic E-state index is 0.390. The van der Waals surface area contributed by atoms with Crippen LogP contribution in [-0.2, 0) is 0 Å². The third-order valence-corrected chi connectivity index (χ3v) is 5.93. The van der Waals surface area contributed by atoms with Gasteiger partial charge in [0, 0.05) is 23.3 Å². The van der Waals surface area contributed by atoms with Crippen molar-refractivity contribution in [2.45, 2.75) is 53.0 Å². The number of nitrogens with zero attached hydrogens (tertiary/aromatic N) is 1. The second-order valence-corrected chi connectivity index (χ2v) is 8.98. The predicted octanol–water partition coefficient (Wildman–Crippen LogP) is 5.25. The Morgan fingerprint density at radius 2 is 2.05 bits per heavy atom. The third-order valence-electron chi connectivity index (χ3n) is 5.18. The smallest absolute Gasteiger partial charge is 0.173 e. The van der Waals surface area contributed by atoms with E-state index in [0.717, 1.165) is 27.9 Å². The SMILES string of the molecule is Cc1c(Cl)cccc1NC(=S)N1CC2(C)CC1CC(C)(C)C2. The van der Waals surface area contributed by atoms with Crippen molar-refractivity contribution in [1.82, 2.24) is 4.90 Å². The molecule has 2 nitrogen and oxygen atoms in total. The van der Waals surface area contributed by atoms with Crippen LogP contribution in [-0.4, -0.2) is 22.6 Å². The molecular formula is C18H25ClN2S. The average Bonchev–Trinajstić information content (AvgIpc) is 2.64. The molecule has 1 aliphatic heterocycles. The van der Waals surface area contributed by atoms with Crippen molar-refractivity contribution in [1.29, 1.82) is 0 Å². The van der Waals surface area contributed by atoms with Crippen LogP contribution in [0.2, 0.25) is 5.02 Å². The van der Waals surface area contributed by atoms with Gasteiger partial charge in [-0.1, -0.05) is 38.4 Å². The molecule has 2 fully saturated rings. The first-order valence-electron chi connectivity index (χ1n) is 8.02. The minimum Gasteiger partial charge on any atom is -0.345 e. The summed E-state index contributed by atoms with van der Waals surface area (Å²) >= 11 is 11.9. The van der Waals surface area contributed by atoms with Gasteiger partial charge < -0.3 is 10.2 Å². The Hall–Kier alpha value is -0.800. The molecule has 1 aromatic carbocycles. The molecule has 2 bridgehead atoms. The van der Waals surface area contributed by atoms with E-state index in [4.69, 9.17) is 23.8 Å². The van der Waals surface area contributed by atoms with Crippen LogP contribution in [0.3, 0.4) is 0 Å². The molecule has 0 radical (unpaired) electrons. The van der Waals surface area contributed by atoms with Crippen LogP contribution in [0.4, 0.5) is 5.69 Å². The number of nitrogens with one attached hydrogen (secondary N) is 1. The lowest BCUT2D eigenvalue weighted by Crippen LogP contribution is -2.40. The number of benzene rings is 1. The fourth-order valence-electron chi connectivity index (χ4n) is 4.63. The first-order valence-corrected chi connectivity index (χ1v) is 8.81. The van der Waals surface area contributed by atoms with Crippen molar-refractivity contribution in [2.75, 3.05) is 11.9 Å². The highest BCUT2D eigenvalue weighted by molar-refractivity contribution is 7.80. The van der Waals surface area contributed by atoms with E-state index >= 15 is 0 Å². The monoisotopic (exact) mass is 336 g/mol. The number of rotatable bonds is 1. The summed E-state index contributed by atoms with van der Waals surface area (Å²) in [6, 6.07) is 6.49. The zero-order valence-electron chi connectivity index (χ0n) is 13.9. The van der Waals surface area contributed by atoms with Gasteiger partial charge in [-0.2, -0.15) is 0 Å². The molecular weight excluding hydrogens is 312 g/mol. The van der Waals surface area contributed by atoms with Gasteiger partial charge >= 0.3 is 0 Å². The number of thiocarbonyl (C=S) groups is 1. The summed E-state index contributed by atoms with van der Waals surface area (Å²) < 4.78 is 0. The van der Waals surface area contributed by atoms with Crippen molar-refractivity contribution in [3.8, 4) is 0 Å². The molecule has 1 saturated heterocycles. The van der Waals surface area contributed by atoms with Gasteiger partial charge in [-0.15, -0.1) is 0 Å². The first kappa shape index (κ1) is 16.1. The predicted molar refractivity (Wildman–Crippen MR) is 98.6 cm³/mol. The largest absolute Gasteiger partial charge is 0.345 e. The fourth-order valence-corrected chi connectivity index (χ4v) is 5.13. The molecule has 2 unspecified atom stereocenters. The maximum atomic E-state index is 6.21. The Labute approximate surface area is 144 Å². The third kappa shape index (κ3) is 2.98. The lowest BCUT2D eigenvalue weighted by molar-refractivity contribution is 0.132. The second-order valence-electron chi connectivity index (χ2n) is 8.18. The number of fused-ring (bicyclic) bond motifs is 2. The number of anilines is 1. The molecule has 1 heterocycles. The molecule has 0 spiro atoms. The van der Waals surface area contributed by atoms with Crippen molar-refractivity contribution >= 4 is 34.6 Å². The van der Waals surface area contributed by atoms with Crippen molar-refractivity contribution in [3.05, 3.63) is 28.8 Å². The number of hydrogen-bond acceptors (Lipinski definition) is 1. The lowest BCUT2D eigenvalue weighted by atomic mass is 9.65. The molecule has 22 heavy (non-hydrogen) atoms. The Bertz CT molecular complexity index is 613. The van der Waals surface area contributed by atoms with Crippen molar-refractivity contribution < 1.29 is 0 Å². The van der Waals surface area contributed by atoms with E-state index in [1.165, 1.54) is 19.3 Å². The molecule has 3 rings (SSSR count). The highest BCUT2D eigenvalue weighted by atomic mass is 35.5. The molecule has 0 amide bonds. The van der Waals surface area contributed by atoms with E-state index in [0.29, 0.717) is 16.9 Å². The highest BCUT2D eigenvalue weighted by Gasteiger charge is 2.50. The van der Waals surface area contributed by atoms with E-state index in [2.05, 4.69) is 31.0 Å². The summed E-state index contributed by atoms with van der Waals surface area (Å²) in [4.78, 5) is 2.41. The quantitative estimate of drug-likeness (QED) is 0.705. The molecule has 4 heteroatoms. The molecule has 1 N–H and O–H groups in total. The van der Waals surface area contributed by atoms with E-state index in [-0.39, 0.29) is 0 Å². The van der Waals surface area contributed by atoms with Gasteiger partial charge in [0.1, 0.15) is 0 Å². The Kier molecular flexibility index (Phi) is 3.93. The summed E-state index contributed by atoms with van der Waals surface area (Å²) in [5.74, 6) is 0. The first-order chi connectivity index (χ1) is 10.2.